The zero-order valence-corrected chi connectivity index (χ0v) is 19.7. The van der Waals surface area contributed by atoms with E-state index in [4.69, 9.17) is 4.74 Å². The number of hydrogen-bond donors (Lipinski definition) is 2. The summed E-state index contributed by atoms with van der Waals surface area (Å²) in [5, 5.41) is 6.38. The first-order chi connectivity index (χ1) is 17.0. The number of carbonyl (C=O) groups is 2. The summed E-state index contributed by atoms with van der Waals surface area (Å²) >= 11 is 0. The number of carbonyl (C=O) groups excluding carboxylic acids is 2. The van der Waals surface area contributed by atoms with Crippen LogP contribution in [0, 0.1) is 0 Å². The number of amides is 1. The summed E-state index contributed by atoms with van der Waals surface area (Å²) in [6.07, 6.45) is 4.37. The summed E-state index contributed by atoms with van der Waals surface area (Å²) in [7, 11) is 1.61. The fraction of sp³-hybridized carbons (Fsp3) is 0.207. The Morgan fingerprint density at radius 3 is 2.57 bits per heavy atom. The molecule has 2 heterocycles. The lowest BCUT2D eigenvalue weighted by atomic mass is 9.71. The van der Waals surface area contributed by atoms with E-state index < -0.39 is 5.92 Å². The molecule has 0 radical (unpaired) electrons. The topological polar surface area (TPSA) is 80.3 Å². The molecule has 3 aromatic rings. The van der Waals surface area contributed by atoms with E-state index in [0.717, 1.165) is 22.5 Å². The van der Waals surface area contributed by atoms with Crippen molar-refractivity contribution in [2.24, 2.45) is 0 Å². The fourth-order valence-corrected chi connectivity index (χ4v) is 5.09. The predicted octanol–water partition coefficient (Wildman–Crippen LogP) is 5.09. The minimum Gasteiger partial charge on any atom is -0.497 e. The maximum atomic E-state index is 13.7. The lowest BCUT2D eigenvalue weighted by Crippen LogP contribution is -2.37. The number of pyridine rings is 1. The summed E-state index contributed by atoms with van der Waals surface area (Å²) in [5.41, 5.74) is 5.40. The number of Topliss-reactive ketones (excluding diaryl/α,β-unsaturated/α-hetero) is 1. The molecule has 1 aliphatic carbocycles. The second kappa shape index (κ2) is 9.58. The summed E-state index contributed by atoms with van der Waals surface area (Å²) in [6, 6.07) is 21.3. The van der Waals surface area contributed by atoms with Crippen LogP contribution in [-0.4, -0.2) is 23.8 Å². The molecule has 2 atom stereocenters. The highest BCUT2D eigenvalue weighted by Gasteiger charge is 2.41. The van der Waals surface area contributed by atoms with Gasteiger partial charge in [-0.1, -0.05) is 42.5 Å². The van der Waals surface area contributed by atoms with E-state index in [1.54, 1.807) is 31.6 Å². The van der Waals surface area contributed by atoms with Gasteiger partial charge in [0.25, 0.3) is 5.91 Å². The summed E-state index contributed by atoms with van der Waals surface area (Å²) in [5.74, 6) is 0.0694. The molecule has 6 heteroatoms. The zero-order valence-electron chi connectivity index (χ0n) is 19.7. The quantitative estimate of drug-likeness (QED) is 0.549. The highest BCUT2D eigenvalue weighted by atomic mass is 16.5. The van der Waals surface area contributed by atoms with Gasteiger partial charge in [-0.15, -0.1) is 0 Å². The number of dihydropyridines is 1. The number of nitrogens with one attached hydrogen (secondary N) is 2. The lowest BCUT2D eigenvalue weighted by molar-refractivity contribution is -0.116. The van der Waals surface area contributed by atoms with Crippen molar-refractivity contribution in [1.82, 2.24) is 10.3 Å². The van der Waals surface area contributed by atoms with Gasteiger partial charge in [0.15, 0.2) is 5.78 Å². The number of ketones is 1. The van der Waals surface area contributed by atoms with Gasteiger partial charge < -0.3 is 15.4 Å². The SMILES string of the molecule is COc1cccc(C2C(C(=O)Nc3cccnc3)=C(C)NC3=C2C(=O)CC(c2ccccc2)C3)c1. The van der Waals surface area contributed by atoms with Gasteiger partial charge in [0, 0.05) is 41.1 Å². The van der Waals surface area contributed by atoms with Gasteiger partial charge >= 0.3 is 0 Å². The van der Waals surface area contributed by atoms with Crippen LogP contribution >= 0.6 is 0 Å². The van der Waals surface area contributed by atoms with E-state index in [1.807, 2.05) is 49.4 Å². The smallest absolute Gasteiger partial charge is 0.254 e. The van der Waals surface area contributed by atoms with Crippen molar-refractivity contribution >= 4 is 17.4 Å². The number of nitrogens with zero attached hydrogens (tertiary/aromatic N) is 1. The van der Waals surface area contributed by atoms with Crippen LogP contribution in [-0.2, 0) is 9.59 Å². The number of allylic oxidation sites excluding steroid dienone is 3. The number of ether oxygens (including phenoxy) is 1. The van der Waals surface area contributed by atoms with E-state index in [-0.39, 0.29) is 17.6 Å². The van der Waals surface area contributed by atoms with Crippen LogP contribution in [0.1, 0.15) is 42.7 Å². The molecule has 176 valence electrons. The van der Waals surface area contributed by atoms with Crippen molar-refractivity contribution in [3.05, 3.63) is 113 Å². The Bertz CT molecular complexity index is 1330. The van der Waals surface area contributed by atoms with Crippen LogP contribution in [0.3, 0.4) is 0 Å². The van der Waals surface area contributed by atoms with Crippen molar-refractivity contribution < 1.29 is 14.3 Å². The number of methoxy groups -OCH3 is 1. The standard InChI is InChI=1S/C29H27N3O3/c1-18-26(29(34)32-22-11-7-13-30-17-22)27(20-10-6-12-23(14-20)35-2)28-24(31-18)15-21(16-25(28)33)19-8-4-3-5-9-19/h3-14,17,21,27,31H,15-16H2,1-2H3,(H,32,34). The number of rotatable bonds is 5. The molecule has 0 spiro atoms. The molecule has 0 saturated carbocycles. The summed E-state index contributed by atoms with van der Waals surface area (Å²) in [6.45, 7) is 1.89. The van der Waals surface area contributed by atoms with Crippen molar-refractivity contribution in [3.63, 3.8) is 0 Å². The van der Waals surface area contributed by atoms with Gasteiger partial charge in [0.2, 0.25) is 0 Å². The van der Waals surface area contributed by atoms with E-state index in [1.165, 1.54) is 0 Å². The second-order valence-electron chi connectivity index (χ2n) is 8.90. The first kappa shape index (κ1) is 22.6. The van der Waals surface area contributed by atoms with E-state index in [9.17, 15) is 9.59 Å². The number of anilines is 1. The largest absolute Gasteiger partial charge is 0.497 e. The fourth-order valence-electron chi connectivity index (χ4n) is 5.09. The Morgan fingerprint density at radius 1 is 1.03 bits per heavy atom. The number of hydrogen-bond acceptors (Lipinski definition) is 5. The van der Waals surface area contributed by atoms with Crippen molar-refractivity contribution in [1.29, 1.82) is 0 Å². The molecule has 2 N–H and O–H groups in total. The third kappa shape index (κ3) is 4.47. The van der Waals surface area contributed by atoms with E-state index >= 15 is 0 Å². The lowest BCUT2D eigenvalue weighted by Gasteiger charge is -2.37. The molecule has 6 nitrogen and oxygen atoms in total. The highest BCUT2D eigenvalue weighted by molar-refractivity contribution is 6.10. The maximum absolute atomic E-state index is 13.7. The molecule has 1 aromatic heterocycles. The van der Waals surface area contributed by atoms with Crippen LogP contribution in [0.25, 0.3) is 0 Å². The van der Waals surface area contributed by atoms with Crippen LogP contribution < -0.4 is 15.4 Å². The van der Waals surface area contributed by atoms with Gasteiger partial charge in [-0.2, -0.15) is 0 Å². The van der Waals surface area contributed by atoms with Gasteiger partial charge in [-0.3, -0.25) is 14.6 Å². The van der Waals surface area contributed by atoms with Crippen molar-refractivity contribution in [2.45, 2.75) is 31.6 Å². The Labute approximate surface area is 204 Å². The van der Waals surface area contributed by atoms with Crippen molar-refractivity contribution in [3.8, 4) is 5.75 Å². The maximum Gasteiger partial charge on any atom is 0.254 e. The summed E-state index contributed by atoms with van der Waals surface area (Å²) in [4.78, 5) is 31.4. The number of benzene rings is 2. The molecule has 35 heavy (non-hydrogen) atoms. The van der Waals surface area contributed by atoms with Crippen LogP contribution in [0.4, 0.5) is 5.69 Å². The molecule has 5 rings (SSSR count). The first-order valence-electron chi connectivity index (χ1n) is 11.7. The third-order valence-electron chi connectivity index (χ3n) is 6.69. The van der Waals surface area contributed by atoms with Gasteiger partial charge in [-0.05, 0) is 54.7 Å². The molecular formula is C29H27N3O3. The van der Waals surface area contributed by atoms with Crippen molar-refractivity contribution in [2.75, 3.05) is 12.4 Å². The molecule has 0 fully saturated rings. The Morgan fingerprint density at radius 2 is 1.83 bits per heavy atom. The Hall–Kier alpha value is -4.19. The average Bonchev–Trinajstić information content (AvgIpc) is 2.88. The van der Waals surface area contributed by atoms with Crippen LogP contribution in [0.5, 0.6) is 5.75 Å². The van der Waals surface area contributed by atoms with E-state index in [0.29, 0.717) is 35.4 Å². The molecule has 0 saturated heterocycles. The number of aromatic nitrogens is 1. The normalized spacial score (nSPS) is 19.7. The molecule has 1 amide bonds. The molecule has 1 aliphatic heterocycles. The first-order valence-corrected chi connectivity index (χ1v) is 11.7. The predicted molar refractivity (Wildman–Crippen MR) is 135 cm³/mol. The second-order valence-corrected chi connectivity index (χ2v) is 8.90. The van der Waals surface area contributed by atoms with Crippen LogP contribution in [0.2, 0.25) is 0 Å². The minimum absolute atomic E-state index is 0.0552. The van der Waals surface area contributed by atoms with Crippen LogP contribution in [0.15, 0.2) is 102 Å². The molecule has 0 bridgehead atoms. The van der Waals surface area contributed by atoms with E-state index in [2.05, 4.69) is 27.8 Å². The minimum atomic E-state index is -0.498. The molecule has 2 aromatic carbocycles. The van der Waals surface area contributed by atoms with Gasteiger partial charge in [-0.25, -0.2) is 0 Å². The highest BCUT2D eigenvalue weighted by Crippen LogP contribution is 2.46. The average molecular weight is 466 g/mol. The Balaban J connectivity index is 1.58. The van der Waals surface area contributed by atoms with Gasteiger partial charge in [0.05, 0.1) is 19.0 Å². The third-order valence-corrected chi connectivity index (χ3v) is 6.69. The van der Waals surface area contributed by atoms with Gasteiger partial charge in [0.1, 0.15) is 5.75 Å². The monoisotopic (exact) mass is 465 g/mol. The molecular weight excluding hydrogens is 438 g/mol. The molecule has 2 unspecified atom stereocenters. The molecule has 2 aliphatic rings. The summed E-state index contributed by atoms with van der Waals surface area (Å²) < 4.78 is 5.46. The Kier molecular flexibility index (Phi) is 6.19. The zero-order chi connectivity index (χ0) is 24.4.